The van der Waals surface area contributed by atoms with E-state index in [-0.39, 0.29) is 17.3 Å². The van der Waals surface area contributed by atoms with Crippen LogP contribution >= 0.6 is 11.6 Å². The Morgan fingerprint density at radius 3 is 2.50 bits per heavy atom. The monoisotopic (exact) mass is 245 g/mol. The second kappa shape index (κ2) is 3.67. The van der Waals surface area contributed by atoms with E-state index in [9.17, 15) is 8.78 Å². The molecule has 1 fully saturated rings. The summed E-state index contributed by atoms with van der Waals surface area (Å²) in [5.41, 5.74) is 6.07. The summed E-state index contributed by atoms with van der Waals surface area (Å²) in [6.45, 7) is 4.57. The molecule has 1 aromatic rings. The summed E-state index contributed by atoms with van der Waals surface area (Å²) < 4.78 is 26.8. The van der Waals surface area contributed by atoms with Crippen molar-refractivity contribution in [2.75, 3.05) is 6.54 Å². The third-order valence-corrected chi connectivity index (χ3v) is 4.05. The van der Waals surface area contributed by atoms with Crippen LogP contribution in [0.4, 0.5) is 8.78 Å². The molecule has 0 aliphatic heterocycles. The maximum atomic E-state index is 13.8. The fourth-order valence-corrected chi connectivity index (χ4v) is 2.75. The molecule has 0 spiro atoms. The van der Waals surface area contributed by atoms with E-state index in [1.807, 2.05) is 13.8 Å². The van der Waals surface area contributed by atoms with Crippen molar-refractivity contribution in [1.29, 1.82) is 0 Å². The quantitative estimate of drug-likeness (QED) is 0.795. The summed E-state index contributed by atoms with van der Waals surface area (Å²) in [4.78, 5) is 0. The molecule has 1 aromatic carbocycles. The van der Waals surface area contributed by atoms with Gasteiger partial charge < -0.3 is 5.73 Å². The summed E-state index contributed by atoms with van der Waals surface area (Å²) >= 11 is 5.56. The highest BCUT2D eigenvalue weighted by atomic mass is 35.5. The zero-order chi connectivity index (χ0) is 12.1. The Balaban J connectivity index is 2.41. The zero-order valence-corrected chi connectivity index (χ0v) is 9.98. The molecule has 0 unspecified atom stereocenters. The van der Waals surface area contributed by atoms with Gasteiger partial charge in [-0.3, -0.25) is 0 Å². The Morgan fingerprint density at radius 1 is 1.38 bits per heavy atom. The molecule has 0 aromatic heterocycles. The maximum Gasteiger partial charge on any atom is 0.148 e. The van der Waals surface area contributed by atoms with Crippen molar-refractivity contribution in [2.24, 2.45) is 17.1 Å². The molecule has 0 bridgehead atoms. The highest BCUT2D eigenvalue weighted by Crippen LogP contribution is 2.64. The Hall–Kier alpha value is -0.670. The molecule has 88 valence electrons. The predicted octanol–water partition coefficient (Wildman–Crippen LogP) is 3.32. The van der Waals surface area contributed by atoms with Gasteiger partial charge in [0.25, 0.3) is 0 Å². The highest BCUT2D eigenvalue weighted by Gasteiger charge is 2.58. The van der Waals surface area contributed by atoms with Gasteiger partial charge in [-0.25, -0.2) is 8.78 Å². The second-order valence-electron chi connectivity index (χ2n) is 4.91. The molecule has 2 N–H and O–H groups in total. The molecular weight excluding hydrogens is 232 g/mol. The topological polar surface area (TPSA) is 26.0 Å². The van der Waals surface area contributed by atoms with Crippen molar-refractivity contribution in [2.45, 2.75) is 19.8 Å². The average molecular weight is 246 g/mol. The molecular formula is C12H14ClF2N. The molecule has 1 aliphatic rings. The second-order valence-corrected chi connectivity index (χ2v) is 5.28. The summed E-state index contributed by atoms with van der Waals surface area (Å²) in [6.07, 6.45) is 0. The van der Waals surface area contributed by atoms with Gasteiger partial charge in [0, 0.05) is 0 Å². The minimum absolute atomic E-state index is 0.0310. The van der Waals surface area contributed by atoms with Crippen LogP contribution in [-0.4, -0.2) is 6.54 Å². The van der Waals surface area contributed by atoms with E-state index in [4.69, 9.17) is 17.3 Å². The van der Waals surface area contributed by atoms with E-state index in [0.717, 1.165) is 0 Å². The molecule has 16 heavy (non-hydrogen) atoms. The van der Waals surface area contributed by atoms with Gasteiger partial charge in [-0.1, -0.05) is 31.5 Å². The molecule has 0 saturated heterocycles. The van der Waals surface area contributed by atoms with Gasteiger partial charge in [0.15, 0.2) is 0 Å². The average Bonchev–Trinajstić information content (AvgIpc) is 2.77. The molecule has 2 rings (SSSR count). The van der Waals surface area contributed by atoms with Gasteiger partial charge in [0.2, 0.25) is 0 Å². The fourth-order valence-electron chi connectivity index (χ4n) is 2.58. The van der Waals surface area contributed by atoms with Crippen LogP contribution in [0.3, 0.4) is 0 Å². The third kappa shape index (κ3) is 1.54. The standard InChI is InChI=1S/C12H14ClF2N/c1-12(2)7(5-16)9(12)6-3-4-8(14)10(13)11(6)15/h3-4,7,9H,5,16H2,1-2H3/t7-,9-/m1/s1. The molecule has 0 radical (unpaired) electrons. The van der Waals surface area contributed by atoms with Crippen LogP contribution in [0.1, 0.15) is 25.3 Å². The molecule has 1 saturated carbocycles. The van der Waals surface area contributed by atoms with Gasteiger partial charge in [-0.2, -0.15) is 0 Å². The van der Waals surface area contributed by atoms with Gasteiger partial charge in [0.05, 0.1) is 0 Å². The number of halogens is 3. The number of nitrogens with two attached hydrogens (primary N) is 1. The molecule has 0 amide bonds. The van der Waals surface area contributed by atoms with Gasteiger partial charge in [-0.05, 0) is 35.4 Å². The van der Waals surface area contributed by atoms with Crippen molar-refractivity contribution < 1.29 is 8.78 Å². The first kappa shape index (κ1) is 11.8. The molecule has 2 atom stereocenters. The highest BCUT2D eigenvalue weighted by molar-refractivity contribution is 6.31. The van der Waals surface area contributed by atoms with Crippen molar-refractivity contribution in [3.63, 3.8) is 0 Å². The lowest BCUT2D eigenvalue weighted by Gasteiger charge is -2.06. The SMILES string of the molecule is CC1(C)[C@H](CN)[C@H]1c1ccc(F)c(Cl)c1F. The molecule has 4 heteroatoms. The Labute approximate surface area is 98.6 Å². The minimum atomic E-state index is -0.717. The Morgan fingerprint density at radius 2 is 2.00 bits per heavy atom. The lowest BCUT2D eigenvalue weighted by molar-refractivity contribution is 0.545. The van der Waals surface area contributed by atoms with Gasteiger partial charge in [0.1, 0.15) is 16.7 Å². The lowest BCUT2D eigenvalue weighted by Crippen LogP contribution is -2.05. The van der Waals surface area contributed by atoms with Crippen molar-refractivity contribution >= 4 is 11.6 Å². The number of rotatable bonds is 2. The van der Waals surface area contributed by atoms with Crippen molar-refractivity contribution in [3.8, 4) is 0 Å². The summed E-state index contributed by atoms with van der Waals surface area (Å²) in [6, 6.07) is 2.68. The number of benzene rings is 1. The Bertz CT molecular complexity index is 431. The smallest absolute Gasteiger partial charge is 0.148 e. The fraction of sp³-hybridized carbons (Fsp3) is 0.500. The third-order valence-electron chi connectivity index (χ3n) is 3.70. The molecule has 0 heterocycles. The minimum Gasteiger partial charge on any atom is -0.330 e. The van der Waals surface area contributed by atoms with E-state index in [2.05, 4.69) is 0 Å². The zero-order valence-electron chi connectivity index (χ0n) is 9.23. The van der Waals surface area contributed by atoms with Crippen LogP contribution in [0.15, 0.2) is 12.1 Å². The van der Waals surface area contributed by atoms with Crippen molar-refractivity contribution in [1.82, 2.24) is 0 Å². The first-order valence-corrected chi connectivity index (χ1v) is 5.62. The van der Waals surface area contributed by atoms with Crippen LogP contribution < -0.4 is 5.73 Å². The normalized spacial score (nSPS) is 26.9. The Kier molecular flexibility index (Phi) is 2.71. The maximum absolute atomic E-state index is 13.8. The van der Waals surface area contributed by atoms with Crippen LogP contribution in [-0.2, 0) is 0 Å². The van der Waals surface area contributed by atoms with E-state index in [0.29, 0.717) is 12.1 Å². The predicted molar refractivity (Wildman–Crippen MR) is 60.4 cm³/mol. The van der Waals surface area contributed by atoms with E-state index in [1.165, 1.54) is 12.1 Å². The largest absolute Gasteiger partial charge is 0.330 e. The molecule has 1 aliphatic carbocycles. The van der Waals surface area contributed by atoms with Crippen molar-refractivity contribution in [3.05, 3.63) is 34.4 Å². The lowest BCUT2D eigenvalue weighted by atomic mass is 10.0. The number of hydrogen-bond donors (Lipinski definition) is 1. The van der Waals surface area contributed by atoms with Gasteiger partial charge in [-0.15, -0.1) is 0 Å². The van der Waals surface area contributed by atoms with E-state index >= 15 is 0 Å². The van der Waals surface area contributed by atoms with Crippen LogP contribution in [0.25, 0.3) is 0 Å². The van der Waals surface area contributed by atoms with Gasteiger partial charge >= 0.3 is 0 Å². The summed E-state index contributed by atoms with van der Waals surface area (Å²) in [7, 11) is 0. The van der Waals surface area contributed by atoms with Crippen LogP contribution in [0, 0.1) is 23.0 Å². The van der Waals surface area contributed by atoms with Crippen LogP contribution in [0.5, 0.6) is 0 Å². The first-order chi connectivity index (χ1) is 7.41. The number of hydrogen-bond acceptors (Lipinski definition) is 1. The van der Waals surface area contributed by atoms with E-state index in [1.54, 1.807) is 0 Å². The van der Waals surface area contributed by atoms with E-state index < -0.39 is 16.7 Å². The summed E-state index contributed by atoms with van der Waals surface area (Å²) in [5.74, 6) is -1.08. The summed E-state index contributed by atoms with van der Waals surface area (Å²) in [5, 5.41) is -0.420. The van der Waals surface area contributed by atoms with Crippen LogP contribution in [0.2, 0.25) is 5.02 Å². The first-order valence-electron chi connectivity index (χ1n) is 5.24. The molecule has 1 nitrogen and oxygen atoms in total.